The zero-order valence-electron chi connectivity index (χ0n) is 12.2. The predicted octanol–water partition coefficient (Wildman–Crippen LogP) is 4.67. The molecule has 112 valence electrons. The van der Waals surface area contributed by atoms with Gasteiger partial charge in [-0.15, -0.1) is 0 Å². The van der Waals surface area contributed by atoms with E-state index in [1.54, 1.807) is 12.1 Å². The lowest BCUT2D eigenvalue weighted by atomic mass is 10.2. The molecule has 2 rings (SSSR count). The van der Waals surface area contributed by atoms with Gasteiger partial charge in [-0.3, -0.25) is 0 Å². The molecule has 2 aromatic rings. The first-order chi connectivity index (χ1) is 10.0. The Labute approximate surface area is 133 Å². The predicted molar refractivity (Wildman–Crippen MR) is 86.8 cm³/mol. The summed E-state index contributed by atoms with van der Waals surface area (Å²) in [6, 6.07) is 13.2. The highest BCUT2D eigenvalue weighted by molar-refractivity contribution is 9.10. The molecule has 0 heterocycles. The Balaban J connectivity index is 1.93. The monoisotopic (exact) mass is 351 g/mol. The van der Waals surface area contributed by atoms with Gasteiger partial charge in [0.05, 0.1) is 0 Å². The summed E-state index contributed by atoms with van der Waals surface area (Å²) in [5.74, 6) is 0.485. The largest absolute Gasteiger partial charge is 0.489 e. The Hall–Kier alpha value is -1.39. The topological polar surface area (TPSA) is 21.3 Å². The van der Waals surface area contributed by atoms with E-state index in [9.17, 15) is 4.39 Å². The van der Waals surface area contributed by atoms with E-state index in [-0.39, 0.29) is 12.4 Å². The summed E-state index contributed by atoms with van der Waals surface area (Å²) < 4.78 is 20.1. The van der Waals surface area contributed by atoms with Crippen LogP contribution in [0.5, 0.6) is 5.75 Å². The summed E-state index contributed by atoms with van der Waals surface area (Å²) >= 11 is 3.33. The first-order valence-corrected chi connectivity index (χ1v) is 7.73. The normalized spacial score (nSPS) is 10.9. The highest BCUT2D eigenvalue weighted by Gasteiger charge is 2.04. The van der Waals surface area contributed by atoms with Crippen LogP contribution >= 0.6 is 15.9 Å². The van der Waals surface area contributed by atoms with Gasteiger partial charge in [0.25, 0.3) is 0 Å². The highest BCUT2D eigenvalue weighted by atomic mass is 79.9. The number of hydrogen-bond acceptors (Lipinski definition) is 2. The van der Waals surface area contributed by atoms with Crippen molar-refractivity contribution < 1.29 is 9.13 Å². The van der Waals surface area contributed by atoms with E-state index < -0.39 is 0 Å². The van der Waals surface area contributed by atoms with Crippen LogP contribution in [0.1, 0.15) is 25.0 Å². The third-order valence-electron chi connectivity index (χ3n) is 3.04. The van der Waals surface area contributed by atoms with Crippen molar-refractivity contribution in [1.29, 1.82) is 0 Å². The molecule has 0 unspecified atom stereocenters. The van der Waals surface area contributed by atoms with Crippen LogP contribution in [0.2, 0.25) is 0 Å². The Morgan fingerprint density at radius 2 is 1.86 bits per heavy atom. The summed E-state index contributed by atoms with van der Waals surface area (Å²) in [7, 11) is 0. The maximum atomic E-state index is 13.6. The Kier molecular flexibility index (Phi) is 5.76. The molecular weight excluding hydrogens is 333 g/mol. The molecule has 0 atom stereocenters. The smallest absolute Gasteiger partial charge is 0.129 e. The molecule has 0 aliphatic rings. The molecular formula is C17H19BrFNO. The minimum atomic E-state index is -0.254. The van der Waals surface area contributed by atoms with Gasteiger partial charge in [-0.25, -0.2) is 4.39 Å². The number of rotatable bonds is 6. The fraction of sp³-hybridized carbons (Fsp3) is 0.294. The summed E-state index contributed by atoms with van der Waals surface area (Å²) in [4.78, 5) is 0. The lowest BCUT2D eigenvalue weighted by molar-refractivity contribution is 0.299. The van der Waals surface area contributed by atoms with Gasteiger partial charge < -0.3 is 10.1 Å². The number of halogens is 2. The number of ether oxygens (including phenoxy) is 1. The fourth-order valence-electron chi connectivity index (χ4n) is 1.84. The summed E-state index contributed by atoms with van der Waals surface area (Å²) in [6.45, 7) is 5.28. The van der Waals surface area contributed by atoms with E-state index in [0.29, 0.717) is 11.6 Å². The molecule has 0 radical (unpaired) electrons. The Bertz CT molecular complexity index is 584. The quantitative estimate of drug-likeness (QED) is 0.816. The van der Waals surface area contributed by atoms with E-state index in [1.165, 1.54) is 11.6 Å². The molecule has 0 aliphatic heterocycles. The van der Waals surface area contributed by atoms with Crippen LogP contribution < -0.4 is 10.1 Å². The van der Waals surface area contributed by atoms with Gasteiger partial charge >= 0.3 is 0 Å². The van der Waals surface area contributed by atoms with Gasteiger partial charge in [-0.1, -0.05) is 41.9 Å². The maximum Gasteiger partial charge on any atom is 0.129 e. The first-order valence-electron chi connectivity index (χ1n) is 6.93. The molecule has 0 saturated carbocycles. The van der Waals surface area contributed by atoms with Crippen LogP contribution in [0, 0.1) is 5.82 Å². The van der Waals surface area contributed by atoms with Gasteiger partial charge in [0.1, 0.15) is 18.2 Å². The van der Waals surface area contributed by atoms with Crippen LogP contribution in [-0.2, 0) is 13.2 Å². The van der Waals surface area contributed by atoms with Gasteiger partial charge in [-0.2, -0.15) is 0 Å². The third-order valence-corrected chi connectivity index (χ3v) is 3.53. The second kappa shape index (κ2) is 7.57. The molecule has 0 aromatic heterocycles. The number of benzene rings is 2. The van der Waals surface area contributed by atoms with E-state index in [0.717, 1.165) is 16.8 Å². The molecule has 0 amide bonds. The maximum absolute atomic E-state index is 13.6. The standard InChI is InChI=1S/C17H19BrFNO/c1-12(2)20-10-13-3-6-16(7-4-13)21-11-14-9-15(18)5-8-17(14)19/h3-9,12,20H,10-11H2,1-2H3. The van der Waals surface area contributed by atoms with Crippen molar-refractivity contribution in [2.75, 3.05) is 0 Å². The molecule has 0 aliphatic carbocycles. The molecule has 4 heteroatoms. The van der Waals surface area contributed by atoms with E-state index in [1.807, 2.05) is 24.3 Å². The van der Waals surface area contributed by atoms with Crippen LogP contribution in [0.15, 0.2) is 46.9 Å². The lowest BCUT2D eigenvalue weighted by Gasteiger charge is -2.10. The molecule has 2 aromatic carbocycles. The van der Waals surface area contributed by atoms with Crippen molar-refractivity contribution in [2.24, 2.45) is 0 Å². The summed E-state index contributed by atoms with van der Waals surface area (Å²) in [6.07, 6.45) is 0. The van der Waals surface area contributed by atoms with Crippen molar-refractivity contribution in [3.63, 3.8) is 0 Å². The van der Waals surface area contributed by atoms with Gasteiger partial charge in [-0.05, 0) is 35.9 Å². The summed E-state index contributed by atoms with van der Waals surface area (Å²) in [5, 5.41) is 3.36. The minimum Gasteiger partial charge on any atom is -0.489 e. The van der Waals surface area contributed by atoms with Crippen molar-refractivity contribution in [2.45, 2.75) is 33.0 Å². The molecule has 2 nitrogen and oxygen atoms in total. The van der Waals surface area contributed by atoms with Crippen LogP contribution in [0.3, 0.4) is 0 Å². The highest BCUT2D eigenvalue weighted by Crippen LogP contribution is 2.19. The van der Waals surface area contributed by atoms with Gasteiger partial charge in [0.15, 0.2) is 0 Å². The SMILES string of the molecule is CC(C)NCc1ccc(OCc2cc(Br)ccc2F)cc1. The second-order valence-electron chi connectivity index (χ2n) is 5.20. The molecule has 0 fully saturated rings. The molecule has 21 heavy (non-hydrogen) atoms. The molecule has 0 saturated heterocycles. The minimum absolute atomic E-state index is 0.217. The first kappa shape index (κ1) is 16.0. The fourth-order valence-corrected chi connectivity index (χ4v) is 2.25. The van der Waals surface area contributed by atoms with Gasteiger partial charge in [0, 0.05) is 22.6 Å². The van der Waals surface area contributed by atoms with Crippen molar-refractivity contribution >= 4 is 15.9 Å². The zero-order valence-corrected chi connectivity index (χ0v) is 13.8. The molecule has 0 bridgehead atoms. The van der Waals surface area contributed by atoms with Crippen molar-refractivity contribution in [1.82, 2.24) is 5.32 Å². The second-order valence-corrected chi connectivity index (χ2v) is 6.12. The Morgan fingerprint density at radius 3 is 2.52 bits per heavy atom. The van der Waals surface area contributed by atoms with Crippen LogP contribution in [0.25, 0.3) is 0 Å². The van der Waals surface area contributed by atoms with E-state index >= 15 is 0 Å². The zero-order chi connectivity index (χ0) is 15.2. The van der Waals surface area contributed by atoms with E-state index in [4.69, 9.17) is 4.74 Å². The van der Waals surface area contributed by atoms with Crippen molar-refractivity contribution in [3.05, 3.63) is 63.9 Å². The number of nitrogens with one attached hydrogen (secondary N) is 1. The lowest BCUT2D eigenvalue weighted by Crippen LogP contribution is -2.21. The van der Waals surface area contributed by atoms with Gasteiger partial charge in [0.2, 0.25) is 0 Å². The van der Waals surface area contributed by atoms with Crippen molar-refractivity contribution in [3.8, 4) is 5.75 Å². The number of hydrogen-bond donors (Lipinski definition) is 1. The van der Waals surface area contributed by atoms with E-state index in [2.05, 4.69) is 35.1 Å². The average Bonchev–Trinajstić information content (AvgIpc) is 2.47. The summed E-state index contributed by atoms with van der Waals surface area (Å²) in [5.41, 5.74) is 1.74. The third kappa shape index (κ3) is 5.14. The molecule has 1 N–H and O–H groups in total. The Morgan fingerprint density at radius 1 is 1.14 bits per heavy atom. The average molecular weight is 352 g/mol. The van der Waals surface area contributed by atoms with Crippen LogP contribution in [0.4, 0.5) is 4.39 Å². The van der Waals surface area contributed by atoms with Crippen LogP contribution in [-0.4, -0.2) is 6.04 Å². The molecule has 0 spiro atoms.